The van der Waals surface area contributed by atoms with Gasteiger partial charge in [0, 0.05) is 25.2 Å². The van der Waals surface area contributed by atoms with Gasteiger partial charge in [0.2, 0.25) is 5.91 Å². The number of nitrogens with two attached hydrogens (primary N) is 1. The van der Waals surface area contributed by atoms with Crippen molar-refractivity contribution in [3.05, 3.63) is 82.9 Å². The molecule has 4 N–H and O–H groups in total. The van der Waals surface area contributed by atoms with E-state index < -0.39 is 17.8 Å². The van der Waals surface area contributed by atoms with Gasteiger partial charge in [-0.25, -0.2) is 9.80 Å². The second kappa shape index (κ2) is 11.1. The Labute approximate surface area is 217 Å². The second-order valence-electron chi connectivity index (χ2n) is 8.47. The maximum Gasteiger partial charge on any atom is 0.418 e. The molecule has 3 aromatic carbocycles. The second-order valence-corrected chi connectivity index (χ2v) is 8.87. The van der Waals surface area contributed by atoms with Gasteiger partial charge >= 0.3 is 12.2 Å². The zero-order valence-electron chi connectivity index (χ0n) is 19.7. The molecule has 0 atom stereocenters. The first-order chi connectivity index (χ1) is 17.7. The first-order valence-corrected chi connectivity index (χ1v) is 12.0. The summed E-state index contributed by atoms with van der Waals surface area (Å²) in [6.07, 6.45) is -3.29. The molecule has 0 aromatic heterocycles. The van der Waals surface area contributed by atoms with Crippen molar-refractivity contribution in [2.75, 3.05) is 27.2 Å². The van der Waals surface area contributed by atoms with Crippen LogP contribution in [0.5, 0.6) is 0 Å². The van der Waals surface area contributed by atoms with Gasteiger partial charge in [0.25, 0.3) is 0 Å². The quantitative estimate of drug-likeness (QED) is 0.321. The van der Waals surface area contributed by atoms with E-state index in [0.717, 1.165) is 21.5 Å². The van der Waals surface area contributed by atoms with Gasteiger partial charge < -0.3 is 16.0 Å². The van der Waals surface area contributed by atoms with Crippen molar-refractivity contribution in [2.24, 2.45) is 5.73 Å². The molecule has 11 heteroatoms. The Balaban J connectivity index is 1.66. The highest BCUT2D eigenvalue weighted by atomic mass is 35.5. The highest BCUT2D eigenvalue weighted by molar-refractivity contribution is 6.34. The molecule has 3 amide bonds. The minimum atomic E-state index is -4.74. The maximum absolute atomic E-state index is 14.0. The Morgan fingerprint density at radius 3 is 2.51 bits per heavy atom. The van der Waals surface area contributed by atoms with Gasteiger partial charge in [0.05, 0.1) is 27.6 Å². The lowest BCUT2D eigenvalue weighted by atomic mass is 10.1. The average Bonchev–Trinajstić information content (AvgIpc) is 2.88. The summed E-state index contributed by atoms with van der Waals surface area (Å²) in [6.45, 7) is 0.486. The Morgan fingerprint density at radius 2 is 1.81 bits per heavy atom. The number of urea groups is 1. The Bertz CT molecular complexity index is 1300. The fraction of sp³-hybridized carbons (Fsp3) is 0.231. The summed E-state index contributed by atoms with van der Waals surface area (Å²) in [6, 6.07) is 16.2. The maximum atomic E-state index is 14.0. The Morgan fingerprint density at radius 1 is 1.03 bits per heavy atom. The summed E-state index contributed by atoms with van der Waals surface area (Å²) < 4.78 is 41.9. The van der Waals surface area contributed by atoms with Crippen LogP contribution < -0.4 is 26.4 Å². The van der Waals surface area contributed by atoms with Crippen molar-refractivity contribution in [3.8, 4) is 0 Å². The largest absolute Gasteiger partial charge is 0.418 e. The van der Waals surface area contributed by atoms with Crippen LogP contribution in [0, 0.1) is 0 Å². The molecule has 4 rings (SSSR count). The number of para-hydroxylation sites is 1. The highest BCUT2D eigenvalue weighted by Crippen LogP contribution is 2.39. The number of hydrogen-bond donors (Lipinski definition) is 3. The predicted octanol–water partition coefficient (Wildman–Crippen LogP) is 6.40. The van der Waals surface area contributed by atoms with Crippen LogP contribution in [0.25, 0.3) is 0 Å². The van der Waals surface area contributed by atoms with Crippen molar-refractivity contribution < 1.29 is 22.8 Å². The fourth-order valence-corrected chi connectivity index (χ4v) is 4.29. The minimum Gasteiger partial charge on any atom is -0.326 e. The number of anilines is 4. The van der Waals surface area contributed by atoms with E-state index in [9.17, 15) is 22.8 Å². The van der Waals surface area contributed by atoms with Crippen LogP contribution in [-0.2, 0) is 17.5 Å². The van der Waals surface area contributed by atoms with Crippen LogP contribution >= 0.6 is 11.6 Å². The molecular weight excluding hydrogens is 507 g/mol. The van der Waals surface area contributed by atoms with Crippen LogP contribution in [0.2, 0.25) is 5.02 Å². The van der Waals surface area contributed by atoms with Crippen LogP contribution in [-0.4, -0.2) is 18.5 Å². The van der Waals surface area contributed by atoms with Crippen molar-refractivity contribution in [2.45, 2.75) is 32.0 Å². The molecule has 1 aliphatic rings. The van der Waals surface area contributed by atoms with E-state index in [0.29, 0.717) is 18.5 Å². The lowest BCUT2D eigenvalue weighted by molar-refractivity contribution is -0.137. The molecule has 1 saturated heterocycles. The number of hydrazine groups is 1. The molecule has 0 spiro atoms. The molecule has 3 aromatic rings. The third kappa shape index (κ3) is 6.15. The third-order valence-electron chi connectivity index (χ3n) is 5.87. The van der Waals surface area contributed by atoms with Gasteiger partial charge in [0.1, 0.15) is 0 Å². The normalized spacial score (nSPS) is 13.9. The zero-order valence-corrected chi connectivity index (χ0v) is 20.4. The molecule has 194 valence electrons. The van der Waals surface area contributed by atoms with E-state index in [1.54, 1.807) is 42.5 Å². The van der Waals surface area contributed by atoms with Gasteiger partial charge in [-0.2, -0.15) is 13.2 Å². The van der Waals surface area contributed by atoms with Crippen LogP contribution in [0.3, 0.4) is 0 Å². The van der Waals surface area contributed by atoms with Gasteiger partial charge in [0.15, 0.2) is 0 Å². The molecule has 37 heavy (non-hydrogen) atoms. The number of rotatable bonds is 6. The molecule has 7 nitrogen and oxygen atoms in total. The number of carbonyl (C=O) groups excluding carboxylic acids is 2. The van der Waals surface area contributed by atoms with Gasteiger partial charge in [-0.1, -0.05) is 35.9 Å². The van der Waals surface area contributed by atoms with Gasteiger partial charge in [-0.05, 0) is 60.9 Å². The molecular formula is C26H25ClF3N5O2. The molecule has 1 aliphatic heterocycles. The number of carbonyl (C=O) groups is 2. The van der Waals surface area contributed by atoms with Crippen LogP contribution in [0.4, 0.5) is 40.7 Å². The first-order valence-electron chi connectivity index (χ1n) is 11.6. The Hall–Kier alpha value is -3.76. The van der Waals surface area contributed by atoms with Crippen LogP contribution in [0.15, 0.2) is 66.7 Å². The molecule has 0 unspecified atom stereocenters. The molecule has 0 radical (unpaired) electrons. The standard InChI is InChI=1S/C26H25ClF3N5O2/c27-21-8-1-2-9-23(21)35(33-19-7-5-6-17(14-19)16-31)25(37)32-18-11-12-22(20(15-18)26(28,29)30)34-13-4-3-10-24(34)36/h1-2,5-9,11-12,14-15,33H,3-4,10,13,16,31H2,(H,32,37). The summed E-state index contributed by atoms with van der Waals surface area (Å²) in [5.74, 6) is -0.359. The van der Waals surface area contributed by atoms with E-state index in [2.05, 4.69) is 10.7 Å². The van der Waals surface area contributed by atoms with Crippen LogP contribution in [0.1, 0.15) is 30.4 Å². The molecule has 1 fully saturated rings. The molecule has 1 heterocycles. The van der Waals surface area contributed by atoms with E-state index in [-0.39, 0.29) is 47.5 Å². The van der Waals surface area contributed by atoms with Crippen molar-refractivity contribution >= 4 is 46.3 Å². The number of alkyl halides is 3. The monoisotopic (exact) mass is 531 g/mol. The average molecular weight is 532 g/mol. The lowest BCUT2D eigenvalue weighted by Gasteiger charge is -2.30. The number of nitrogens with one attached hydrogen (secondary N) is 2. The first kappa shape index (κ1) is 26.3. The summed E-state index contributed by atoms with van der Waals surface area (Å²) in [5.41, 5.74) is 8.95. The third-order valence-corrected chi connectivity index (χ3v) is 6.19. The topological polar surface area (TPSA) is 90.7 Å². The van der Waals surface area contributed by atoms with Gasteiger partial charge in [-0.15, -0.1) is 0 Å². The van der Waals surface area contributed by atoms with Crippen molar-refractivity contribution in [1.29, 1.82) is 0 Å². The fourth-order valence-electron chi connectivity index (χ4n) is 4.07. The molecule has 0 saturated carbocycles. The number of halogens is 4. The van der Waals surface area contributed by atoms with E-state index >= 15 is 0 Å². The Kier molecular flexibility index (Phi) is 7.89. The summed E-state index contributed by atoms with van der Waals surface area (Å²) >= 11 is 6.33. The number of amides is 3. The SMILES string of the molecule is NCc1cccc(NN(C(=O)Nc2ccc(N3CCCCC3=O)c(C(F)(F)F)c2)c2ccccc2Cl)c1. The van der Waals surface area contributed by atoms with E-state index in [1.165, 1.54) is 12.1 Å². The van der Waals surface area contributed by atoms with E-state index in [4.69, 9.17) is 17.3 Å². The lowest BCUT2D eigenvalue weighted by Crippen LogP contribution is -2.40. The van der Waals surface area contributed by atoms with E-state index in [1.807, 2.05) is 6.07 Å². The highest BCUT2D eigenvalue weighted by Gasteiger charge is 2.37. The molecule has 0 aliphatic carbocycles. The van der Waals surface area contributed by atoms with Crippen molar-refractivity contribution in [1.82, 2.24) is 0 Å². The molecule has 0 bridgehead atoms. The van der Waals surface area contributed by atoms with Gasteiger partial charge in [-0.3, -0.25) is 10.2 Å². The zero-order chi connectivity index (χ0) is 26.6. The smallest absolute Gasteiger partial charge is 0.326 e. The number of piperidine rings is 1. The number of nitrogens with zero attached hydrogens (tertiary/aromatic N) is 2. The number of hydrogen-bond acceptors (Lipinski definition) is 4. The minimum absolute atomic E-state index is 0.0971. The predicted molar refractivity (Wildman–Crippen MR) is 139 cm³/mol. The summed E-state index contributed by atoms with van der Waals surface area (Å²) in [4.78, 5) is 26.8. The summed E-state index contributed by atoms with van der Waals surface area (Å²) in [7, 11) is 0. The van der Waals surface area contributed by atoms with Crippen molar-refractivity contribution in [3.63, 3.8) is 0 Å². The number of benzene rings is 3. The summed E-state index contributed by atoms with van der Waals surface area (Å²) in [5, 5.41) is 3.86.